The number of hydrogen-bond acceptors (Lipinski definition) is 6. The number of esters is 1. The highest BCUT2D eigenvalue weighted by molar-refractivity contribution is 7.16. The summed E-state index contributed by atoms with van der Waals surface area (Å²) >= 11 is 1.25. The normalized spacial score (nSPS) is 10.1. The predicted octanol–water partition coefficient (Wildman–Crippen LogP) is 1.78. The summed E-state index contributed by atoms with van der Waals surface area (Å²) in [6.45, 7) is 2.12. The highest BCUT2D eigenvalue weighted by Crippen LogP contribution is 2.22. The molecule has 0 bridgehead atoms. The van der Waals surface area contributed by atoms with Crippen molar-refractivity contribution in [2.24, 2.45) is 0 Å². The lowest BCUT2D eigenvalue weighted by molar-refractivity contribution is 0.0532. The molecule has 2 heterocycles. The van der Waals surface area contributed by atoms with Gasteiger partial charge in [0.15, 0.2) is 0 Å². The van der Waals surface area contributed by atoms with Gasteiger partial charge in [0.1, 0.15) is 15.6 Å². The largest absolute Gasteiger partial charge is 0.462 e. The Balaban J connectivity index is 2.23. The van der Waals surface area contributed by atoms with E-state index in [-0.39, 0.29) is 5.97 Å². The van der Waals surface area contributed by atoms with Crippen molar-refractivity contribution in [3.8, 4) is 10.7 Å². The van der Waals surface area contributed by atoms with E-state index in [2.05, 4.69) is 15.0 Å². The van der Waals surface area contributed by atoms with Crippen molar-refractivity contribution in [1.29, 1.82) is 0 Å². The van der Waals surface area contributed by atoms with Crippen LogP contribution in [0, 0.1) is 0 Å². The van der Waals surface area contributed by atoms with Crippen molar-refractivity contribution in [3.63, 3.8) is 0 Å². The van der Waals surface area contributed by atoms with Gasteiger partial charge < -0.3 is 4.74 Å². The molecule has 5 nitrogen and oxygen atoms in total. The van der Waals surface area contributed by atoms with Crippen LogP contribution >= 0.6 is 11.3 Å². The molecule has 6 heteroatoms. The minimum Gasteiger partial charge on any atom is -0.462 e. The maximum atomic E-state index is 11.4. The number of carbonyl (C=O) groups is 1. The molecule has 0 radical (unpaired) electrons. The molecule has 2 aromatic rings. The number of thiazole rings is 1. The Bertz CT molecular complexity index is 484. The maximum absolute atomic E-state index is 11.4. The molecule has 0 saturated carbocycles. The van der Waals surface area contributed by atoms with Gasteiger partial charge in [-0.15, -0.1) is 11.3 Å². The zero-order chi connectivity index (χ0) is 11.4. The van der Waals surface area contributed by atoms with Crippen LogP contribution in [0.25, 0.3) is 10.7 Å². The smallest absolute Gasteiger partial charge is 0.349 e. The van der Waals surface area contributed by atoms with Crippen LogP contribution in [0.5, 0.6) is 0 Å². The van der Waals surface area contributed by atoms with E-state index in [0.29, 0.717) is 22.2 Å². The van der Waals surface area contributed by atoms with E-state index in [4.69, 9.17) is 4.74 Å². The minimum atomic E-state index is -0.352. The molecule has 2 rings (SSSR count). The zero-order valence-electron chi connectivity index (χ0n) is 8.58. The fourth-order valence-electron chi connectivity index (χ4n) is 1.10. The van der Waals surface area contributed by atoms with Crippen LogP contribution in [0.4, 0.5) is 0 Å². The molecule has 0 atom stereocenters. The average molecular weight is 235 g/mol. The molecule has 2 aromatic heterocycles. The topological polar surface area (TPSA) is 65.0 Å². The van der Waals surface area contributed by atoms with Crippen molar-refractivity contribution < 1.29 is 9.53 Å². The Kier molecular flexibility index (Phi) is 3.21. The second-order valence-electron chi connectivity index (χ2n) is 2.84. The molecule has 0 aliphatic rings. The lowest BCUT2D eigenvalue weighted by Crippen LogP contribution is -2.01. The Labute approximate surface area is 96.2 Å². The third-order valence-corrected chi connectivity index (χ3v) is 2.76. The highest BCUT2D eigenvalue weighted by atomic mass is 32.1. The van der Waals surface area contributed by atoms with E-state index in [9.17, 15) is 4.79 Å². The standard InChI is InChI=1S/C10H9N3O2S/c1-2-15-10(14)8-6-13-9(16-8)7-5-11-3-4-12-7/h3-6H,2H2,1H3. The maximum Gasteiger partial charge on any atom is 0.349 e. The molecule has 82 valence electrons. The van der Waals surface area contributed by atoms with Crippen molar-refractivity contribution in [1.82, 2.24) is 15.0 Å². The van der Waals surface area contributed by atoms with Gasteiger partial charge in [0.05, 0.1) is 19.0 Å². The quantitative estimate of drug-likeness (QED) is 0.759. The first-order chi connectivity index (χ1) is 7.81. The van der Waals surface area contributed by atoms with E-state index in [1.807, 2.05) is 0 Å². The summed E-state index contributed by atoms with van der Waals surface area (Å²) in [5, 5.41) is 0.663. The Morgan fingerprint density at radius 1 is 1.38 bits per heavy atom. The Morgan fingerprint density at radius 2 is 2.25 bits per heavy atom. The first-order valence-electron chi connectivity index (χ1n) is 4.70. The van der Waals surface area contributed by atoms with Gasteiger partial charge in [-0.1, -0.05) is 0 Å². The van der Waals surface area contributed by atoms with Gasteiger partial charge in [0, 0.05) is 12.4 Å². The first kappa shape index (κ1) is 10.7. The summed E-state index contributed by atoms with van der Waals surface area (Å²) in [6.07, 6.45) is 6.27. The molecule has 16 heavy (non-hydrogen) atoms. The second-order valence-corrected chi connectivity index (χ2v) is 3.87. The van der Waals surface area contributed by atoms with E-state index in [0.717, 1.165) is 0 Å². The summed E-state index contributed by atoms with van der Waals surface area (Å²) in [6, 6.07) is 0. The molecule has 0 fully saturated rings. The molecule has 0 aromatic carbocycles. The van der Waals surface area contributed by atoms with Gasteiger partial charge in [0.2, 0.25) is 0 Å². The van der Waals surface area contributed by atoms with Gasteiger partial charge in [0.25, 0.3) is 0 Å². The lowest BCUT2D eigenvalue weighted by atomic mass is 10.5. The lowest BCUT2D eigenvalue weighted by Gasteiger charge is -1.95. The molecule has 0 amide bonds. The molecule has 0 aliphatic carbocycles. The molecule has 0 saturated heterocycles. The average Bonchev–Trinajstić information content (AvgIpc) is 2.80. The number of ether oxygens (including phenoxy) is 1. The Morgan fingerprint density at radius 3 is 2.94 bits per heavy atom. The first-order valence-corrected chi connectivity index (χ1v) is 5.52. The summed E-state index contributed by atoms with van der Waals surface area (Å²) in [4.78, 5) is 24.0. The van der Waals surface area contributed by atoms with Gasteiger partial charge in [-0.25, -0.2) is 9.78 Å². The van der Waals surface area contributed by atoms with Crippen molar-refractivity contribution in [2.45, 2.75) is 6.92 Å². The Hall–Kier alpha value is -1.82. The molecular weight excluding hydrogens is 226 g/mol. The SMILES string of the molecule is CCOC(=O)c1cnc(-c2cnccn2)s1. The summed E-state index contributed by atoms with van der Waals surface area (Å²) < 4.78 is 4.87. The summed E-state index contributed by atoms with van der Waals surface area (Å²) in [5.41, 5.74) is 0.656. The van der Waals surface area contributed by atoms with Crippen LogP contribution in [-0.2, 0) is 4.74 Å². The second kappa shape index (κ2) is 4.80. The van der Waals surface area contributed by atoms with Crippen LogP contribution in [0.2, 0.25) is 0 Å². The monoisotopic (exact) mass is 235 g/mol. The zero-order valence-corrected chi connectivity index (χ0v) is 9.40. The molecular formula is C10H9N3O2S. The third kappa shape index (κ3) is 2.22. The van der Waals surface area contributed by atoms with Gasteiger partial charge in [-0.05, 0) is 6.92 Å². The van der Waals surface area contributed by atoms with E-state index in [1.54, 1.807) is 25.5 Å². The number of aromatic nitrogens is 3. The van der Waals surface area contributed by atoms with E-state index in [1.165, 1.54) is 17.5 Å². The molecule has 0 unspecified atom stereocenters. The van der Waals surface area contributed by atoms with Gasteiger partial charge >= 0.3 is 5.97 Å². The van der Waals surface area contributed by atoms with Crippen LogP contribution in [0.15, 0.2) is 24.8 Å². The van der Waals surface area contributed by atoms with E-state index < -0.39 is 0 Å². The number of carbonyl (C=O) groups excluding carboxylic acids is 1. The van der Waals surface area contributed by atoms with Crippen molar-refractivity contribution in [2.75, 3.05) is 6.61 Å². The fourth-order valence-corrected chi connectivity index (χ4v) is 1.87. The number of nitrogens with zero attached hydrogens (tertiary/aromatic N) is 3. The number of hydrogen-bond donors (Lipinski definition) is 0. The third-order valence-electron chi connectivity index (χ3n) is 1.76. The molecule has 0 aliphatic heterocycles. The molecule has 0 N–H and O–H groups in total. The van der Waals surface area contributed by atoms with Crippen LogP contribution in [0.3, 0.4) is 0 Å². The fraction of sp³-hybridized carbons (Fsp3) is 0.200. The summed E-state index contributed by atoms with van der Waals surface area (Å²) in [7, 11) is 0. The van der Waals surface area contributed by atoms with Crippen LogP contribution < -0.4 is 0 Å². The summed E-state index contributed by atoms with van der Waals surface area (Å²) in [5.74, 6) is -0.352. The van der Waals surface area contributed by atoms with Crippen LogP contribution in [0.1, 0.15) is 16.6 Å². The van der Waals surface area contributed by atoms with E-state index >= 15 is 0 Å². The molecule has 0 spiro atoms. The minimum absolute atomic E-state index is 0.352. The highest BCUT2D eigenvalue weighted by Gasteiger charge is 2.12. The van der Waals surface area contributed by atoms with Crippen LogP contribution in [-0.4, -0.2) is 27.5 Å². The van der Waals surface area contributed by atoms with Crippen molar-refractivity contribution >= 4 is 17.3 Å². The van der Waals surface area contributed by atoms with Crippen molar-refractivity contribution in [3.05, 3.63) is 29.7 Å². The number of rotatable bonds is 3. The van der Waals surface area contributed by atoms with Gasteiger partial charge in [-0.2, -0.15) is 0 Å². The predicted molar refractivity (Wildman–Crippen MR) is 59.1 cm³/mol. The van der Waals surface area contributed by atoms with Gasteiger partial charge in [-0.3, -0.25) is 9.97 Å².